The lowest BCUT2D eigenvalue weighted by Crippen LogP contribution is -2.13. The second-order valence-electron chi connectivity index (χ2n) is 5.75. The summed E-state index contributed by atoms with van der Waals surface area (Å²) in [4.78, 5) is 27.8. The van der Waals surface area contributed by atoms with E-state index in [1.807, 2.05) is 0 Å². The predicted octanol–water partition coefficient (Wildman–Crippen LogP) is 2.85. The van der Waals surface area contributed by atoms with Crippen molar-refractivity contribution in [2.75, 3.05) is 10.6 Å². The molecule has 2 heterocycles. The first-order chi connectivity index (χ1) is 12.6. The Labute approximate surface area is 150 Å². The van der Waals surface area contributed by atoms with E-state index in [0.717, 1.165) is 0 Å². The van der Waals surface area contributed by atoms with Crippen molar-refractivity contribution in [2.24, 2.45) is 0 Å². The average molecular weight is 353 g/mol. The number of nitrogens with zero attached hydrogens (tertiary/aromatic N) is 3. The number of benzene rings is 1. The van der Waals surface area contributed by atoms with Crippen molar-refractivity contribution in [3.8, 4) is 0 Å². The van der Waals surface area contributed by atoms with Crippen molar-refractivity contribution in [3.63, 3.8) is 0 Å². The molecule has 0 aliphatic carbocycles. The second-order valence-corrected chi connectivity index (χ2v) is 5.75. The Morgan fingerprint density at radius 2 is 1.81 bits per heavy atom. The maximum atomic E-state index is 12.0. The number of carbonyl (C=O) groups excluding carboxylic acids is 2. The van der Waals surface area contributed by atoms with E-state index in [1.165, 1.54) is 6.33 Å². The molecular weight excluding hydrogens is 334 g/mol. The summed E-state index contributed by atoms with van der Waals surface area (Å²) in [6, 6.07) is 10.3. The Kier molecular flexibility index (Phi) is 5.43. The number of hydrogen-bond donors (Lipinski definition) is 2. The van der Waals surface area contributed by atoms with Gasteiger partial charge in [-0.05, 0) is 49.7 Å². The molecule has 0 unspecified atom stereocenters. The van der Waals surface area contributed by atoms with Crippen molar-refractivity contribution >= 4 is 23.2 Å². The summed E-state index contributed by atoms with van der Waals surface area (Å²) in [6.45, 7) is 2.42. The minimum atomic E-state index is -0.317. The lowest BCUT2D eigenvalue weighted by Gasteiger charge is -2.07. The van der Waals surface area contributed by atoms with Crippen LogP contribution in [0.5, 0.6) is 0 Å². The SMILES string of the molecule is Cc1ccc(C(=O)Nc2ccc(NC(=O)CCCn3cncn3)cc2)o1. The zero-order valence-electron chi connectivity index (χ0n) is 14.3. The largest absolute Gasteiger partial charge is 0.456 e. The van der Waals surface area contributed by atoms with Gasteiger partial charge in [-0.3, -0.25) is 14.3 Å². The fourth-order valence-electron chi connectivity index (χ4n) is 2.36. The Hall–Kier alpha value is -3.42. The van der Waals surface area contributed by atoms with Crippen molar-refractivity contribution in [1.29, 1.82) is 0 Å². The van der Waals surface area contributed by atoms with Crippen molar-refractivity contribution < 1.29 is 14.0 Å². The minimum absolute atomic E-state index is 0.0760. The summed E-state index contributed by atoms with van der Waals surface area (Å²) < 4.78 is 6.96. The summed E-state index contributed by atoms with van der Waals surface area (Å²) in [7, 11) is 0. The van der Waals surface area contributed by atoms with Gasteiger partial charge < -0.3 is 15.1 Å². The van der Waals surface area contributed by atoms with Gasteiger partial charge in [-0.15, -0.1) is 0 Å². The summed E-state index contributed by atoms with van der Waals surface area (Å²) in [5.41, 5.74) is 1.29. The molecule has 3 rings (SSSR count). The zero-order valence-corrected chi connectivity index (χ0v) is 14.3. The number of hydrogen-bond acceptors (Lipinski definition) is 5. The highest BCUT2D eigenvalue weighted by atomic mass is 16.3. The highest BCUT2D eigenvalue weighted by Gasteiger charge is 2.10. The number of amides is 2. The molecule has 0 aliphatic rings. The quantitative estimate of drug-likeness (QED) is 0.680. The fourth-order valence-corrected chi connectivity index (χ4v) is 2.36. The van der Waals surface area contributed by atoms with E-state index in [2.05, 4.69) is 20.7 Å². The van der Waals surface area contributed by atoms with Crippen molar-refractivity contribution in [2.45, 2.75) is 26.3 Å². The van der Waals surface area contributed by atoms with Crippen LogP contribution >= 0.6 is 0 Å². The van der Waals surface area contributed by atoms with Gasteiger partial charge in [-0.25, -0.2) is 4.98 Å². The molecular formula is C18H19N5O3. The van der Waals surface area contributed by atoms with E-state index in [0.29, 0.717) is 36.5 Å². The summed E-state index contributed by atoms with van der Waals surface area (Å²) in [5.74, 6) is 0.542. The van der Waals surface area contributed by atoms with E-state index in [-0.39, 0.29) is 17.6 Å². The third-order valence-corrected chi connectivity index (χ3v) is 3.65. The van der Waals surface area contributed by atoms with Crippen LogP contribution in [0.25, 0.3) is 0 Å². The molecule has 0 fully saturated rings. The van der Waals surface area contributed by atoms with E-state index in [4.69, 9.17) is 4.42 Å². The molecule has 0 radical (unpaired) electrons. The third-order valence-electron chi connectivity index (χ3n) is 3.65. The van der Waals surface area contributed by atoms with E-state index < -0.39 is 0 Å². The summed E-state index contributed by atoms with van der Waals surface area (Å²) >= 11 is 0. The van der Waals surface area contributed by atoms with Gasteiger partial charge in [-0.2, -0.15) is 5.10 Å². The van der Waals surface area contributed by atoms with Crippen LogP contribution in [0.2, 0.25) is 0 Å². The third kappa shape index (κ3) is 4.79. The van der Waals surface area contributed by atoms with Crippen LogP contribution in [0, 0.1) is 6.92 Å². The molecule has 0 spiro atoms. The molecule has 0 saturated carbocycles. The number of nitrogens with one attached hydrogen (secondary N) is 2. The van der Waals surface area contributed by atoms with Crippen molar-refractivity contribution in [1.82, 2.24) is 14.8 Å². The van der Waals surface area contributed by atoms with Crippen LogP contribution in [-0.2, 0) is 11.3 Å². The van der Waals surface area contributed by atoms with E-state index in [1.54, 1.807) is 54.3 Å². The normalized spacial score (nSPS) is 10.5. The summed E-state index contributed by atoms with van der Waals surface area (Å²) in [5, 5.41) is 9.55. The van der Waals surface area contributed by atoms with Gasteiger partial charge in [0, 0.05) is 24.3 Å². The topological polar surface area (TPSA) is 102 Å². The van der Waals surface area contributed by atoms with Gasteiger partial charge in [-0.1, -0.05) is 0 Å². The molecule has 8 heteroatoms. The first kappa shape index (κ1) is 17.4. The maximum absolute atomic E-state index is 12.0. The fraction of sp³-hybridized carbons (Fsp3) is 0.222. The number of furan rings is 1. The van der Waals surface area contributed by atoms with Gasteiger partial charge in [0.15, 0.2) is 5.76 Å². The first-order valence-corrected chi connectivity index (χ1v) is 8.20. The number of carbonyl (C=O) groups is 2. The highest BCUT2D eigenvalue weighted by molar-refractivity contribution is 6.02. The average Bonchev–Trinajstić information content (AvgIpc) is 3.28. The van der Waals surface area contributed by atoms with Crippen LogP contribution < -0.4 is 10.6 Å². The maximum Gasteiger partial charge on any atom is 0.291 e. The van der Waals surface area contributed by atoms with Crippen LogP contribution in [0.3, 0.4) is 0 Å². The molecule has 0 aliphatic heterocycles. The highest BCUT2D eigenvalue weighted by Crippen LogP contribution is 2.16. The minimum Gasteiger partial charge on any atom is -0.456 e. The zero-order chi connectivity index (χ0) is 18.4. The Bertz CT molecular complexity index is 869. The molecule has 1 aromatic carbocycles. The predicted molar refractivity (Wildman–Crippen MR) is 95.7 cm³/mol. The van der Waals surface area contributed by atoms with Gasteiger partial charge >= 0.3 is 0 Å². The molecule has 3 aromatic rings. The molecule has 0 atom stereocenters. The lowest BCUT2D eigenvalue weighted by molar-refractivity contribution is -0.116. The molecule has 2 N–H and O–H groups in total. The van der Waals surface area contributed by atoms with Gasteiger partial charge in [0.2, 0.25) is 5.91 Å². The Morgan fingerprint density at radius 1 is 1.08 bits per heavy atom. The van der Waals surface area contributed by atoms with E-state index >= 15 is 0 Å². The molecule has 2 aromatic heterocycles. The van der Waals surface area contributed by atoms with Crippen LogP contribution in [0.4, 0.5) is 11.4 Å². The van der Waals surface area contributed by atoms with Gasteiger partial charge in [0.25, 0.3) is 5.91 Å². The lowest BCUT2D eigenvalue weighted by atomic mass is 10.2. The smallest absolute Gasteiger partial charge is 0.291 e. The number of aromatic nitrogens is 3. The second kappa shape index (κ2) is 8.11. The van der Waals surface area contributed by atoms with E-state index in [9.17, 15) is 9.59 Å². The monoisotopic (exact) mass is 353 g/mol. The molecule has 8 nitrogen and oxygen atoms in total. The molecule has 2 amide bonds. The van der Waals surface area contributed by atoms with Crippen molar-refractivity contribution in [3.05, 3.63) is 60.6 Å². The molecule has 0 saturated heterocycles. The molecule has 134 valence electrons. The number of rotatable bonds is 7. The first-order valence-electron chi connectivity index (χ1n) is 8.20. The Balaban J connectivity index is 1.46. The summed E-state index contributed by atoms with van der Waals surface area (Å²) in [6.07, 6.45) is 4.14. The van der Waals surface area contributed by atoms with Gasteiger partial charge in [0.1, 0.15) is 18.4 Å². The number of aryl methyl sites for hydroxylation is 2. The Morgan fingerprint density at radius 3 is 2.42 bits per heavy atom. The molecule has 26 heavy (non-hydrogen) atoms. The van der Waals surface area contributed by atoms with Crippen LogP contribution in [0.1, 0.15) is 29.2 Å². The standard InChI is InChI=1S/C18H19N5O3/c1-13-4-9-16(26-13)18(25)22-15-7-5-14(6-8-15)21-17(24)3-2-10-23-12-19-11-20-23/h4-9,11-12H,2-3,10H2,1H3,(H,21,24)(H,22,25). The van der Waals surface area contributed by atoms with Crippen LogP contribution in [-0.4, -0.2) is 26.6 Å². The van der Waals surface area contributed by atoms with Crippen LogP contribution in [0.15, 0.2) is 53.5 Å². The number of anilines is 2. The van der Waals surface area contributed by atoms with Gasteiger partial charge in [0.05, 0.1) is 0 Å². The molecule has 0 bridgehead atoms.